The standard InChI is InChI=1S/C20H21BrN4O3/c1-13(2)9-11-24-19(27)16-4-3-10-22-18(16)25(20(24)28)12-17(26)23-15-7-5-14(21)6-8-15/h3-8,10,13H,9,11-12H2,1-2H3,(H,23,26). The van der Waals surface area contributed by atoms with Gasteiger partial charge >= 0.3 is 5.69 Å². The Morgan fingerprint density at radius 3 is 2.54 bits per heavy atom. The molecule has 0 bridgehead atoms. The molecule has 0 fully saturated rings. The lowest BCUT2D eigenvalue weighted by Crippen LogP contribution is -2.42. The van der Waals surface area contributed by atoms with Crippen LogP contribution in [-0.4, -0.2) is 20.0 Å². The van der Waals surface area contributed by atoms with Crippen molar-refractivity contribution < 1.29 is 4.79 Å². The van der Waals surface area contributed by atoms with Gasteiger partial charge < -0.3 is 5.32 Å². The number of hydrogen-bond donors (Lipinski definition) is 1. The molecule has 28 heavy (non-hydrogen) atoms. The maximum absolute atomic E-state index is 12.9. The molecule has 0 aliphatic rings. The summed E-state index contributed by atoms with van der Waals surface area (Å²) in [5.74, 6) is -0.0320. The van der Waals surface area contributed by atoms with Crippen molar-refractivity contribution in [1.29, 1.82) is 0 Å². The van der Waals surface area contributed by atoms with Crippen LogP contribution in [0.2, 0.25) is 0 Å². The molecular formula is C20H21BrN4O3. The van der Waals surface area contributed by atoms with E-state index in [4.69, 9.17) is 0 Å². The highest BCUT2D eigenvalue weighted by molar-refractivity contribution is 9.10. The van der Waals surface area contributed by atoms with Gasteiger partial charge in [0.2, 0.25) is 5.91 Å². The largest absolute Gasteiger partial charge is 0.333 e. The van der Waals surface area contributed by atoms with Crippen molar-refractivity contribution in [2.24, 2.45) is 5.92 Å². The Labute approximate surface area is 170 Å². The first-order valence-electron chi connectivity index (χ1n) is 9.00. The first kappa shape index (κ1) is 20.0. The average Bonchev–Trinajstić information content (AvgIpc) is 2.67. The minimum atomic E-state index is -0.525. The van der Waals surface area contributed by atoms with E-state index in [-0.39, 0.29) is 23.7 Å². The number of aromatic nitrogens is 3. The molecule has 0 saturated heterocycles. The molecule has 3 rings (SSSR count). The SMILES string of the molecule is CC(C)CCn1c(=O)c2cccnc2n(CC(=O)Nc2ccc(Br)cc2)c1=O. The maximum Gasteiger partial charge on any atom is 0.333 e. The van der Waals surface area contributed by atoms with Crippen LogP contribution in [0.25, 0.3) is 11.0 Å². The van der Waals surface area contributed by atoms with Crippen LogP contribution in [0.15, 0.2) is 56.7 Å². The molecule has 2 aromatic heterocycles. The highest BCUT2D eigenvalue weighted by Gasteiger charge is 2.16. The van der Waals surface area contributed by atoms with Gasteiger partial charge in [0.05, 0.1) is 5.39 Å². The number of benzene rings is 1. The third kappa shape index (κ3) is 4.39. The molecule has 0 unspecified atom stereocenters. The van der Waals surface area contributed by atoms with E-state index < -0.39 is 5.69 Å². The molecule has 146 valence electrons. The van der Waals surface area contributed by atoms with Crippen LogP contribution in [-0.2, 0) is 17.9 Å². The Kier molecular flexibility index (Phi) is 6.08. The number of fused-ring (bicyclic) bond motifs is 1. The van der Waals surface area contributed by atoms with Gasteiger partial charge in [0.15, 0.2) is 0 Å². The van der Waals surface area contributed by atoms with E-state index in [9.17, 15) is 14.4 Å². The van der Waals surface area contributed by atoms with Crippen molar-refractivity contribution in [2.75, 3.05) is 5.32 Å². The third-order valence-electron chi connectivity index (χ3n) is 4.34. The van der Waals surface area contributed by atoms with Crippen molar-refractivity contribution in [3.63, 3.8) is 0 Å². The van der Waals surface area contributed by atoms with Gasteiger partial charge in [0.25, 0.3) is 5.56 Å². The highest BCUT2D eigenvalue weighted by Crippen LogP contribution is 2.14. The lowest BCUT2D eigenvalue weighted by atomic mass is 10.1. The van der Waals surface area contributed by atoms with Crippen LogP contribution in [0.3, 0.4) is 0 Å². The second-order valence-electron chi connectivity index (χ2n) is 6.94. The minimum Gasteiger partial charge on any atom is -0.325 e. The van der Waals surface area contributed by atoms with Crippen molar-refractivity contribution in [2.45, 2.75) is 33.4 Å². The number of halogens is 1. The van der Waals surface area contributed by atoms with E-state index in [1.165, 1.54) is 15.3 Å². The number of rotatable bonds is 6. The molecule has 1 aromatic carbocycles. The predicted molar refractivity (Wildman–Crippen MR) is 112 cm³/mol. The number of nitrogens with one attached hydrogen (secondary N) is 1. The van der Waals surface area contributed by atoms with Crippen LogP contribution >= 0.6 is 15.9 Å². The van der Waals surface area contributed by atoms with Crippen LogP contribution < -0.4 is 16.6 Å². The average molecular weight is 445 g/mol. The smallest absolute Gasteiger partial charge is 0.325 e. The van der Waals surface area contributed by atoms with Gasteiger partial charge in [-0.15, -0.1) is 0 Å². The number of nitrogens with zero attached hydrogens (tertiary/aromatic N) is 3. The van der Waals surface area contributed by atoms with Gasteiger partial charge in [-0.1, -0.05) is 29.8 Å². The highest BCUT2D eigenvalue weighted by atomic mass is 79.9. The normalized spacial score (nSPS) is 11.1. The maximum atomic E-state index is 12.9. The summed E-state index contributed by atoms with van der Waals surface area (Å²) < 4.78 is 3.34. The zero-order valence-electron chi connectivity index (χ0n) is 15.7. The van der Waals surface area contributed by atoms with E-state index >= 15 is 0 Å². The first-order chi connectivity index (χ1) is 13.4. The summed E-state index contributed by atoms with van der Waals surface area (Å²) >= 11 is 3.34. The molecule has 0 radical (unpaired) electrons. The fraction of sp³-hybridized carbons (Fsp3) is 0.300. The van der Waals surface area contributed by atoms with Gasteiger partial charge in [0, 0.05) is 22.9 Å². The number of carbonyl (C=O) groups excluding carboxylic acids is 1. The second-order valence-corrected chi connectivity index (χ2v) is 7.85. The van der Waals surface area contributed by atoms with Crippen molar-refractivity contribution in [3.8, 4) is 0 Å². The molecule has 0 spiro atoms. The summed E-state index contributed by atoms with van der Waals surface area (Å²) in [5.41, 5.74) is -0.0722. The van der Waals surface area contributed by atoms with E-state index in [0.29, 0.717) is 30.0 Å². The number of anilines is 1. The summed E-state index contributed by atoms with van der Waals surface area (Å²) in [4.78, 5) is 42.4. The predicted octanol–water partition coefficient (Wildman–Crippen LogP) is 3.01. The first-order valence-corrected chi connectivity index (χ1v) is 9.80. The summed E-state index contributed by atoms with van der Waals surface area (Å²) in [6, 6.07) is 10.4. The lowest BCUT2D eigenvalue weighted by Gasteiger charge is -2.14. The van der Waals surface area contributed by atoms with E-state index in [1.807, 2.05) is 26.0 Å². The van der Waals surface area contributed by atoms with Crippen molar-refractivity contribution >= 4 is 38.6 Å². The van der Waals surface area contributed by atoms with Gasteiger partial charge in [0.1, 0.15) is 12.2 Å². The molecule has 0 saturated carbocycles. The molecule has 0 aliphatic carbocycles. The number of carbonyl (C=O) groups is 1. The van der Waals surface area contributed by atoms with Crippen LogP contribution in [0.5, 0.6) is 0 Å². The topological polar surface area (TPSA) is 86.0 Å². The summed E-state index contributed by atoms with van der Waals surface area (Å²) in [6.07, 6.45) is 2.19. The Hall–Kier alpha value is -2.74. The Balaban J connectivity index is 1.99. The zero-order valence-corrected chi connectivity index (χ0v) is 17.3. The van der Waals surface area contributed by atoms with Crippen LogP contribution in [0.1, 0.15) is 20.3 Å². The van der Waals surface area contributed by atoms with E-state index in [0.717, 1.165) is 4.47 Å². The molecule has 1 amide bonds. The Morgan fingerprint density at radius 2 is 1.86 bits per heavy atom. The monoisotopic (exact) mass is 444 g/mol. The summed E-state index contributed by atoms with van der Waals surface area (Å²) in [5, 5.41) is 3.08. The fourth-order valence-corrected chi connectivity index (χ4v) is 3.12. The lowest BCUT2D eigenvalue weighted by molar-refractivity contribution is -0.116. The van der Waals surface area contributed by atoms with Crippen molar-refractivity contribution in [1.82, 2.24) is 14.1 Å². The van der Waals surface area contributed by atoms with Gasteiger partial charge in [-0.05, 0) is 48.7 Å². The molecular weight excluding hydrogens is 424 g/mol. The molecule has 8 heteroatoms. The van der Waals surface area contributed by atoms with Gasteiger partial charge in [-0.2, -0.15) is 0 Å². The Bertz CT molecular complexity index is 1120. The summed E-state index contributed by atoms with van der Waals surface area (Å²) in [7, 11) is 0. The molecule has 1 N–H and O–H groups in total. The number of hydrogen-bond acceptors (Lipinski definition) is 4. The summed E-state index contributed by atoms with van der Waals surface area (Å²) in [6.45, 7) is 4.12. The van der Waals surface area contributed by atoms with Gasteiger partial charge in [-0.25, -0.2) is 9.78 Å². The quantitative estimate of drug-likeness (QED) is 0.632. The van der Waals surface area contributed by atoms with Crippen molar-refractivity contribution in [3.05, 3.63) is 67.9 Å². The third-order valence-corrected chi connectivity index (χ3v) is 4.87. The van der Waals surface area contributed by atoms with E-state index in [2.05, 4.69) is 26.2 Å². The minimum absolute atomic E-state index is 0.212. The van der Waals surface area contributed by atoms with Gasteiger partial charge in [-0.3, -0.25) is 18.7 Å². The number of pyridine rings is 1. The fourth-order valence-electron chi connectivity index (χ4n) is 2.85. The Morgan fingerprint density at radius 1 is 1.14 bits per heavy atom. The van der Waals surface area contributed by atoms with E-state index in [1.54, 1.807) is 24.3 Å². The zero-order chi connectivity index (χ0) is 20.3. The molecule has 2 heterocycles. The van der Waals surface area contributed by atoms with Crippen LogP contribution in [0.4, 0.5) is 5.69 Å². The number of amides is 1. The van der Waals surface area contributed by atoms with Crippen LogP contribution in [0, 0.1) is 5.92 Å². The molecule has 3 aromatic rings. The molecule has 7 nitrogen and oxygen atoms in total. The molecule has 0 atom stereocenters. The molecule has 0 aliphatic heterocycles. The second kappa shape index (κ2) is 8.52.